The predicted molar refractivity (Wildman–Crippen MR) is 320 cm³/mol. The van der Waals surface area contributed by atoms with E-state index < -0.39 is 6.10 Å². The molecule has 0 rings (SSSR count). The van der Waals surface area contributed by atoms with E-state index in [2.05, 4.69) is 130 Å². The molecule has 0 aliphatic heterocycles. The quantitative estimate of drug-likeness (QED) is 0.0261. The molecule has 0 heterocycles. The fraction of sp³-hybridized carbons (Fsp3) is 0.691. The van der Waals surface area contributed by atoms with E-state index in [9.17, 15) is 14.4 Å². The molecule has 1 atom stereocenters. The molecule has 0 aromatic rings. The highest BCUT2D eigenvalue weighted by molar-refractivity contribution is 5.71. The molecule has 0 radical (unpaired) electrons. The molecule has 0 bridgehead atoms. The van der Waals surface area contributed by atoms with Crippen LogP contribution < -0.4 is 0 Å². The summed E-state index contributed by atoms with van der Waals surface area (Å²) in [6, 6.07) is 0. The number of esters is 3. The fourth-order valence-corrected chi connectivity index (χ4v) is 8.44. The van der Waals surface area contributed by atoms with Gasteiger partial charge in [-0.2, -0.15) is 0 Å². The van der Waals surface area contributed by atoms with E-state index in [1.54, 1.807) is 0 Å². The van der Waals surface area contributed by atoms with Crippen LogP contribution in [0.4, 0.5) is 0 Å². The molecular weight excluding hydrogens is 913 g/mol. The third kappa shape index (κ3) is 59.0. The van der Waals surface area contributed by atoms with Gasteiger partial charge in [-0.1, -0.05) is 284 Å². The van der Waals surface area contributed by atoms with Gasteiger partial charge in [-0.3, -0.25) is 14.4 Å². The second-order valence-electron chi connectivity index (χ2n) is 20.2. The lowest BCUT2D eigenvalue weighted by molar-refractivity contribution is -0.167. The van der Waals surface area contributed by atoms with Crippen molar-refractivity contribution in [2.24, 2.45) is 0 Å². The van der Waals surface area contributed by atoms with Crippen molar-refractivity contribution in [3.63, 3.8) is 0 Å². The van der Waals surface area contributed by atoms with Crippen molar-refractivity contribution in [3.8, 4) is 0 Å². The van der Waals surface area contributed by atoms with Gasteiger partial charge in [0.05, 0.1) is 0 Å². The molecule has 0 N–H and O–H groups in total. The van der Waals surface area contributed by atoms with E-state index in [4.69, 9.17) is 14.2 Å². The molecule has 0 saturated carbocycles. The second-order valence-corrected chi connectivity index (χ2v) is 20.2. The summed E-state index contributed by atoms with van der Waals surface area (Å²) < 4.78 is 16.7. The Morgan fingerprint density at radius 3 is 0.824 bits per heavy atom. The molecule has 1 unspecified atom stereocenters. The second kappa shape index (κ2) is 61.6. The molecule has 0 saturated heterocycles. The summed E-state index contributed by atoms with van der Waals surface area (Å²) in [5, 5.41) is 0. The Bertz CT molecular complexity index is 1510. The molecule has 0 aliphatic carbocycles. The summed E-state index contributed by atoms with van der Waals surface area (Å²) in [4.78, 5) is 37.8. The van der Waals surface area contributed by atoms with Crippen molar-refractivity contribution in [2.75, 3.05) is 13.2 Å². The summed E-state index contributed by atoms with van der Waals surface area (Å²) >= 11 is 0. The van der Waals surface area contributed by atoms with Gasteiger partial charge in [-0.05, 0) is 89.9 Å². The van der Waals surface area contributed by atoms with Gasteiger partial charge in [0.1, 0.15) is 13.2 Å². The lowest BCUT2D eigenvalue weighted by atomic mass is 10.0. The molecule has 0 aromatic heterocycles. The average Bonchev–Trinajstić information content (AvgIpc) is 3.40. The van der Waals surface area contributed by atoms with Crippen LogP contribution in [0.1, 0.15) is 284 Å². The maximum atomic E-state index is 12.8. The minimum absolute atomic E-state index is 0.0796. The summed E-state index contributed by atoms with van der Waals surface area (Å²) in [5.41, 5.74) is 0. The molecule has 6 nitrogen and oxygen atoms in total. The van der Waals surface area contributed by atoms with E-state index in [1.807, 2.05) is 0 Å². The van der Waals surface area contributed by atoms with Crippen molar-refractivity contribution < 1.29 is 28.6 Å². The zero-order valence-electron chi connectivity index (χ0n) is 48.3. The molecule has 0 amide bonds. The highest BCUT2D eigenvalue weighted by Crippen LogP contribution is 2.16. The summed E-state index contributed by atoms with van der Waals surface area (Å²) in [7, 11) is 0. The number of hydrogen-bond acceptors (Lipinski definition) is 6. The van der Waals surface area contributed by atoms with Crippen LogP contribution in [-0.4, -0.2) is 37.2 Å². The van der Waals surface area contributed by atoms with Gasteiger partial charge in [0.25, 0.3) is 0 Å². The van der Waals surface area contributed by atoms with Gasteiger partial charge in [0.15, 0.2) is 6.10 Å². The molecular formula is C68H114O6. The highest BCUT2D eigenvalue weighted by Gasteiger charge is 2.19. The van der Waals surface area contributed by atoms with E-state index >= 15 is 0 Å². The van der Waals surface area contributed by atoms with Gasteiger partial charge in [-0.25, -0.2) is 0 Å². The number of allylic oxidation sites excluding steroid dienone is 18. The van der Waals surface area contributed by atoms with Crippen LogP contribution in [0.15, 0.2) is 109 Å². The van der Waals surface area contributed by atoms with Crippen molar-refractivity contribution in [1.82, 2.24) is 0 Å². The minimum Gasteiger partial charge on any atom is -0.462 e. The lowest BCUT2D eigenvalue weighted by Gasteiger charge is -2.18. The molecule has 6 heteroatoms. The monoisotopic (exact) mass is 1030 g/mol. The highest BCUT2D eigenvalue weighted by atomic mass is 16.6. The van der Waals surface area contributed by atoms with Gasteiger partial charge < -0.3 is 14.2 Å². The zero-order chi connectivity index (χ0) is 53.6. The minimum atomic E-state index is -0.777. The first-order valence-electron chi connectivity index (χ1n) is 30.9. The molecule has 0 aromatic carbocycles. The average molecular weight is 1030 g/mol. The Kier molecular flexibility index (Phi) is 58.3. The normalized spacial score (nSPS) is 12.9. The Hall–Kier alpha value is -3.93. The lowest BCUT2D eigenvalue weighted by Crippen LogP contribution is -2.30. The summed E-state index contributed by atoms with van der Waals surface area (Å²) in [6.07, 6.45) is 84.2. The van der Waals surface area contributed by atoms with Crippen LogP contribution in [0.3, 0.4) is 0 Å². The number of carbonyl (C=O) groups is 3. The maximum absolute atomic E-state index is 12.8. The standard InChI is InChI=1S/C68H114O6/c1-4-7-10-13-15-17-19-21-23-25-26-27-28-29-30-31-32-33-34-35-36-37-38-39-40-41-42-43-45-46-48-50-52-55-58-61-67(70)73-64-65(63-72-66(69)60-57-54-12-9-6-3)74-68(71)62-59-56-53-51-49-47-44-24-22-20-18-16-14-11-8-5-2/h7,10,15,17,21,23,26-27,29-30,32-33,35-36,38-39,41-42,65H,4-6,8-9,11-14,16,18-20,22,24-25,28,31,34,37,40,43-64H2,1-3H3/b10-7-,17-15-,23-21-,27-26-,30-29-,33-32-,36-35-,39-38-,42-41-. The molecule has 74 heavy (non-hydrogen) atoms. The maximum Gasteiger partial charge on any atom is 0.306 e. The number of carbonyl (C=O) groups excluding carboxylic acids is 3. The van der Waals surface area contributed by atoms with Crippen LogP contribution in [-0.2, 0) is 28.6 Å². The molecule has 422 valence electrons. The number of hydrogen-bond donors (Lipinski definition) is 0. The van der Waals surface area contributed by atoms with Crippen LogP contribution >= 0.6 is 0 Å². The zero-order valence-corrected chi connectivity index (χ0v) is 48.3. The van der Waals surface area contributed by atoms with Crippen LogP contribution in [0.2, 0.25) is 0 Å². The van der Waals surface area contributed by atoms with Crippen molar-refractivity contribution in [2.45, 2.75) is 290 Å². The third-order valence-corrected chi connectivity index (χ3v) is 13.0. The summed E-state index contributed by atoms with van der Waals surface area (Å²) in [6.45, 7) is 6.45. The first-order valence-corrected chi connectivity index (χ1v) is 30.9. The predicted octanol–water partition coefficient (Wildman–Crippen LogP) is 21.0. The summed E-state index contributed by atoms with van der Waals surface area (Å²) in [5.74, 6) is -0.899. The number of unbranched alkanes of at least 4 members (excludes halogenated alkanes) is 26. The topological polar surface area (TPSA) is 78.9 Å². The third-order valence-electron chi connectivity index (χ3n) is 13.0. The van der Waals surface area contributed by atoms with Crippen LogP contribution in [0, 0.1) is 0 Å². The van der Waals surface area contributed by atoms with Crippen LogP contribution in [0.25, 0.3) is 0 Å². The van der Waals surface area contributed by atoms with Crippen molar-refractivity contribution in [3.05, 3.63) is 109 Å². The van der Waals surface area contributed by atoms with E-state index in [0.717, 1.165) is 128 Å². The fourth-order valence-electron chi connectivity index (χ4n) is 8.44. The molecule has 0 spiro atoms. The Balaban J connectivity index is 4.06. The van der Waals surface area contributed by atoms with Gasteiger partial charge in [0, 0.05) is 19.3 Å². The first-order chi connectivity index (χ1) is 36.5. The SMILES string of the molecule is CC/C=C\C/C=C\C/C=C\C/C=C\C/C=C\C/C=C\C/C=C\C/C=C\C/C=C\CCCCCCCCCC(=O)OCC(COC(=O)CCCCCCC)OC(=O)CCCCCCCCCCCCCCCCCC. The van der Waals surface area contributed by atoms with E-state index in [-0.39, 0.29) is 31.1 Å². The van der Waals surface area contributed by atoms with Gasteiger partial charge in [0.2, 0.25) is 0 Å². The van der Waals surface area contributed by atoms with Crippen LogP contribution in [0.5, 0.6) is 0 Å². The number of ether oxygens (including phenoxy) is 3. The Morgan fingerprint density at radius 2 is 0.527 bits per heavy atom. The largest absolute Gasteiger partial charge is 0.462 e. The smallest absolute Gasteiger partial charge is 0.306 e. The Labute approximate surface area is 457 Å². The van der Waals surface area contributed by atoms with Crippen molar-refractivity contribution >= 4 is 17.9 Å². The molecule has 0 fully saturated rings. The van der Waals surface area contributed by atoms with Crippen molar-refractivity contribution in [1.29, 1.82) is 0 Å². The van der Waals surface area contributed by atoms with Gasteiger partial charge in [-0.15, -0.1) is 0 Å². The van der Waals surface area contributed by atoms with E-state index in [0.29, 0.717) is 19.3 Å². The Morgan fingerprint density at radius 1 is 0.284 bits per heavy atom. The van der Waals surface area contributed by atoms with E-state index in [1.165, 1.54) is 116 Å². The first kappa shape index (κ1) is 70.1. The number of rotatable bonds is 55. The van der Waals surface area contributed by atoms with Gasteiger partial charge >= 0.3 is 17.9 Å². The molecule has 0 aliphatic rings.